The van der Waals surface area contributed by atoms with E-state index in [0.29, 0.717) is 12.1 Å². The fourth-order valence-corrected chi connectivity index (χ4v) is 1.83. The van der Waals surface area contributed by atoms with Crippen LogP contribution in [-0.2, 0) is 6.54 Å². The largest absolute Gasteiger partial charge is 0.348 e. The predicted molar refractivity (Wildman–Crippen MR) is 71.3 cm³/mol. The average molecular weight is 240 g/mol. The van der Waals surface area contributed by atoms with Crippen LogP contribution < -0.4 is 5.32 Å². The Morgan fingerprint density at radius 2 is 2.11 bits per heavy atom. The summed E-state index contributed by atoms with van der Waals surface area (Å²) in [6.07, 6.45) is 3.33. The Kier molecular flexibility index (Phi) is 3.72. The monoisotopic (exact) mass is 240 g/mol. The van der Waals surface area contributed by atoms with Crippen molar-refractivity contribution in [1.29, 1.82) is 0 Å². The Balaban J connectivity index is 2.03. The number of carbonyl (C=O) groups excluding carboxylic acids is 1. The van der Waals surface area contributed by atoms with Gasteiger partial charge in [-0.05, 0) is 31.0 Å². The second kappa shape index (κ2) is 5.45. The number of aromatic nitrogens is 1. The van der Waals surface area contributed by atoms with E-state index >= 15 is 0 Å². The van der Waals surface area contributed by atoms with Crippen LogP contribution in [0.25, 0.3) is 0 Å². The smallest absolute Gasteiger partial charge is 0.251 e. The van der Waals surface area contributed by atoms with Crippen molar-refractivity contribution in [3.05, 3.63) is 65.0 Å². The maximum absolute atomic E-state index is 12.0. The Bertz CT molecular complexity index is 564. The highest BCUT2D eigenvalue weighted by molar-refractivity contribution is 5.95. The van der Waals surface area contributed by atoms with Crippen molar-refractivity contribution in [2.24, 2.45) is 0 Å². The molecule has 2 rings (SSSR count). The standard InChI is InChI=1S/C15H16N2O/c1-11-4-3-5-13(8-11)10-17-15(18)14-6-7-16-9-12(14)2/h3-9H,10H2,1-2H3,(H,17,18). The van der Waals surface area contributed by atoms with E-state index in [-0.39, 0.29) is 5.91 Å². The molecular weight excluding hydrogens is 224 g/mol. The first-order chi connectivity index (χ1) is 8.66. The van der Waals surface area contributed by atoms with E-state index in [1.54, 1.807) is 18.5 Å². The first-order valence-corrected chi connectivity index (χ1v) is 5.91. The zero-order chi connectivity index (χ0) is 13.0. The quantitative estimate of drug-likeness (QED) is 0.896. The van der Waals surface area contributed by atoms with E-state index in [9.17, 15) is 4.79 Å². The van der Waals surface area contributed by atoms with Gasteiger partial charge in [0.2, 0.25) is 0 Å². The van der Waals surface area contributed by atoms with E-state index < -0.39 is 0 Å². The van der Waals surface area contributed by atoms with Gasteiger partial charge < -0.3 is 5.32 Å². The van der Waals surface area contributed by atoms with E-state index in [1.165, 1.54) is 5.56 Å². The van der Waals surface area contributed by atoms with Gasteiger partial charge in [-0.2, -0.15) is 0 Å². The van der Waals surface area contributed by atoms with Gasteiger partial charge in [0.25, 0.3) is 5.91 Å². The van der Waals surface area contributed by atoms with Crippen molar-refractivity contribution in [2.45, 2.75) is 20.4 Å². The van der Waals surface area contributed by atoms with Gasteiger partial charge in [-0.15, -0.1) is 0 Å². The summed E-state index contributed by atoms with van der Waals surface area (Å²) in [4.78, 5) is 16.0. The molecule has 2 aromatic rings. The highest BCUT2D eigenvalue weighted by Crippen LogP contribution is 2.07. The van der Waals surface area contributed by atoms with Crippen LogP contribution >= 0.6 is 0 Å². The van der Waals surface area contributed by atoms with Crippen LogP contribution in [-0.4, -0.2) is 10.9 Å². The molecule has 0 aliphatic carbocycles. The van der Waals surface area contributed by atoms with E-state index in [4.69, 9.17) is 0 Å². The van der Waals surface area contributed by atoms with Gasteiger partial charge >= 0.3 is 0 Å². The van der Waals surface area contributed by atoms with Crippen molar-refractivity contribution in [1.82, 2.24) is 10.3 Å². The number of carbonyl (C=O) groups is 1. The third-order valence-corrected chi connectivity index (χ3v) is 2.80. The molecule has 1 heterocycles. The van der Waals surface area contributed by atoms with Crippen molar-refractivity contribution >= 4 is 5.91 Å². The zero-order valence-electron chi connectivity index (χ0n) is 10.6. The summed E-state index contributed by atoms with van der Waals surface area (Å²) in [5.41, 5.74) is 3.87. The predicted octanol–water partition coefficient (Wildman–Crippen LogP) is 2.63. The molecule has 0 aliphatic heterocycles. The van der Waals surface area contributed by atoms with E-state index in [0.717, 1.165) is 11.1 Å². The second-order valence-electron chi connectivity index (χ2n) is 4.36. The number of nitrogens with zero attached hydrogens (tertiary/aromatic N) is 1. The van der Waals surface area contributed by atoms with Gasteiger partial charge in [-0.25, -0.2) is 0 Å². The fourth-order valence-electron chi connectivity index (χ4n) is 1.83. The fraction of sp³-hybridized carbons (Fsp3) is 0.200. The molecule has 3 nitrogen and oxygen atoms in total. The summed E-state index contributed by atoms with van der Waals surface area (Å²) in [5, 5.41) is 2.92. The molecule has 18 heavy (non-hydrogen) atoms. The summed E-state index contributed by atoms with van der Waals surface area (Å²) < 4.78 is 0. The zero-order valence-corrected chi connectivity index (χ0v) is 10.6. The number of hydrogen-bond acceptors (Lipinski definition) is 2. The molecule has 1 aromatic heterocycles. The molecule has 0 radical (unpaired) electrons. The highest BCUT2D eigenvalue weighted by atomic mass is 16.1. The molecule has 0 saturated carbocycles. The van der Waals surface area contributed by atoms with Crippen LogP contribution in [0.3, 0.4) is 0 Å². The van der Waals surface area contributed by atoms with Gasteiger partial charge in [-0.1, -0.05) is 29.8 Å². The summed E-state index contributed by atoms with van der Waals surface area (Å²) in [7, 11) is 0. The number of pyridine rings is 1. The lowest BCUT2D eigenvalue weighted by molar-refractivity contribution is 0.0950. The third-order valence-electron chi connectivity index (χ3n) is 2.80. The van der Waals surface area contributed by atoms with Crippen molar-refractivity contribution in [2.75, 3.05) is 0 Å². The molecule has 1 amide bonds. The molecule has 1 aromatic carbocycles. The van der Waals surface area contributed by atoms with Crippen LogP contribution in [0, 0.1) is 13.8 Å². The number of aryl methyl sites for hydroxylation is 2. The summed E-state index contributed by atoms with van der Waals surface area (Å²) >= 11 is 0. The molecule has 1 N–H and O–H groups in total. The lowest BCUT2D eigenvalue weighted by atomic mass is 10.1. The molecule has 0 atom stereocenters. The molecule has 0 fully saturated rings. The Labute approximate surface area is 107 Å². The SMILES string of the molecule is Cc1cccc(CNC(=O)c2ccncc2C)c1. The Morgan fingerprint density at radius 1 is 1.28 bits per heavy atom. The van der Waals surface area contributed by atoms with Gasteiger partial charge in [0.05, 0.1) is 0 Å². The molecule has 0 bridgehead atoms. The van der Waals surface area contributed by atoms with Crippen LogP contribution in [0.5, 0.6) is 0 Å². The van der Waals surface area contributed by atoms with Crippen LogP contribution in [0.4, 0.5) is 0 Å². The first-order valence-electron chi connectivity index (χ1n) is 5.91. The topological polar surface area (TPSA) is 42.0 Å². The maximum Gasteiger partial charge on any atom is 0.251 e. The minimum absolute atomic E-state index is 0.0589. The molecule has 92 valence electrons. The molecular formula is C15H16N2O. The highest BCUT2D eigenvalue weighted by Gasteiger charge is 2.07. The van der Waals surface area contributed by atoms with Gasteiger partial charge in [0.15, 0.2) is 0 Å². The average Bonchev–Trinajstić information content (AvgIpc) is 2.37. The molecule has 0 unspecified atom stereocenters. The lowest BCUT2D eigenvalue weighted by Crippen LogP contribution is -2.23. The third kappa shape index (κ3) is 2.94. The molecule has 0 spiro atoms. The Hall–Kier alpha value is -2.16. The number of nitrogens with one attached hydrogen (secondary N) is 1. The number of amides is 1. The van der Waals surface area contributed by atoms with Crippen LogP contribution in [0.2, 0.25) is 0 Å². The normalized spacial score (nSPS) is 10.1. The van der Waals surface area contributed by atoms with Crippen LogP contribution in [0.15, 0.2) is 42.7 Å². The number of benzene rings is 1. The first kappa shape index (κ1) is 12.3. The van der Waals surface area contributed by atoms with Gasteiger partial charge in [0.1, 0.15) is 0 Å². The molecule has 0 aliphatic rings. The second-order valence-corrected chi connectivity index (χ2v) is 4.36. The van der Waals surface area contributed by atoms with Gasteiger partial charge in [0, 0.05) is 24.5 Å². The minimum atomic E-state index is -0.0589. The van der Waals surface area contributed by atoms with Crippen molar-refractivity contribution < 1.29 is 4.79 Å². The maximum atomic E-state index is 12.0. The summed E-state index contributed by atoms with van der Waals surface area (Å²) in [5.74, 6) is -0.0589. The number of hydrogen-bond donors (Lipinski definition) is 1. The van der Waals surface area contributed by atoms with Crippen molar-refractivity contribution in [3.63, 3.8) is 0 Å². The summed E-state index contributed by atoms with van der Waals surface area (Å²) in [6.45, 7) is 4.47. The van der Waals surface area contributed by atoms with Crippen LogP contribution in [0.1, 0.15) is 27.0 Å². The van der Waals surface area contributed by atoms with Gasteiger partial charge in [-0.3, -0.25) is 9.78 Å². The number of rotatable bonds is 3. The Morgan fingerprint density at radius 3 is 2.83 bits per heavy atom. The molecule has 0 saturated heterocycles. The lowest BCUT2D eigenvalue weighted by Gasteiger charge is -2.07. The summed E-state index contributed by atoms with van der Waals surface area (Å²) in [6, 6.07) is 9.85. The minimum Gasteiger partial charge on any atom is -0.348 e. The van der Waals surface area contributed by atoms with E-state index in [2.05, 4.69) is 16.4 Å². The molecule has 3 heteroatoms. The van der Waals surface area contributed by atoms with Crippen molar-refractivity contribution in [3.8, 4) is 0 Å². The van der Waals surface area contributed by atoms with E-state index in [1.807, 2.05) is 32.0 Å².